The Hall–Kier alpha value is -0.303. The Morgan fingerprint density at radius 1 is 1.18 bits per heavy atom. The van der Waals surface area contributed by atoms with Crippen molar-refractivity contribution in [2.45, 2.75) is 25.7 Å². The number of carbonyl (C=O) groups excluding carboxylic acids is 1. The highest BCUT2D eigenvalue weighted by atomic mass is 79.9. The molecule has 3 nitrogen and oxygen atoms in total. The maximum Gasteiger partial charge on any atom is 0.186 e. The van der Waals surface area contributed by atoms with Crippen LogP contribution in [0, 0.1) is 11.3 Å². The average Bonchev–Trinajstić information content (AvgIpc) is 3.04. The Balaban J connectivity index is 0.000000255. The first-order valence-corrected chi connectivity index (χ1v) is 13.1. The van der Waals surface area contributed by atoms with Crippen molar-refractivity contribution in [3.8, 4) is 6.07 Å². The number of nitriles is 1. The van der Waals surface area contributed by atoms with Crippen molar-refractivity contribution in [3.05, 3.63) is 41.6 Å². The van der Waals surface area contributed by atoms with Crippen molar-refractivity contribution >= 4 is 69.1 Å². The molecule has 0 aliphatic carbocycles. The van der Waals surface area contributed by atoms with Gasteiger partial charge in [0.2, 0.25) is 0 Å². The molecule has 8 heteroatoms. The first-order valence-electron chi connectivity index (χ1n) is 6.24. The average molecular weight is 481 g/mol. The third-order valence-electron chi connectivity index (χ3n) is 2.28. The van der Waals surface area contributed by atoms with E-state index < -0.39 is 14.4 Å². The van der Waals surface area contributed by atoms with Gasteiger partial charge in [0.05, 0.1) is 6.07 Å². The summed E-state index contributed by atoms with van der Waals surface area (Å²) in [5.41, 5.74) is 1.68. The van der Waals surface area contributed by atoms with E-state index in [0.29, 0.717) is 0 Å². The topological polar surface area (TPSA) is 50.1 Å². The molecule has 0 radical (unpaired) electrons. The molecule has 2 heterocycles. The number of nitrogens with zero attached hydrogens (tertiary/aromatic N) is 1. The second kappa shape index (κ2) is 9.10. The lowest BCUT2D eigenvalue weighted by molar-refractivity contribution is 0.112. The third-order valence-corrected chi connectivity index (χ3v) is 6.73. The summed E-state index contributed by atoms with van der Waals surface area (Å²) >= 11 is 9.70. The Morgan fingerprint density at radius 2 is 1.77 bits per heavy atom. The molecule has 2 rings (SSSR count). The van der Waals surface area contributed by atoms with Crippen molar-refractivity contribution in [1.82, 2.24) is 0 Å². The smallest absolute Gasteiger partial charge is 0.186 e. The van der Waals surface area contributed by atoms with Crippen molar-refractivity contribution in [2.75, 3.05) is 0 Å². The van der Waals surface area contributed by atoms with Gasteiger partial charge in [0.25, 0.3) is 0 Å². The molecule has 0 aromatic carbocycles. The molecule has 118 valence electrons. The number of rotatable bonds is 4. The lowest BCUT2D eigenvalue weighted by Gasteiger charge is -2.21. The van der Waals surface area contributed by atoms with Crippen LogP contribution in [0.4, 0.5) is 0 Å². The highest BCUT2D eigenvalue weighted by Crippen LogP contribution is 2.31. The minimum absolute atomic E-state index is 0.428. The molecule has 2 aromatic rings. The fourth-order valence-electron chi connectivity index (χ4n) is 1.37. The number of carbonyl (C=O) groups is 1. The van der Waals surface area contributed by atoms with Crippen LogP contribution in [-0.4, -0.2) is 14.6 Å². The number of thiophene rings is 2. The number of hydrogen-bond acceptors (Lipinski definition) is 5. The minimum atomic E-state index is -1.66. The van der Waals surface area contributed by atoms with Gasteiger partial charge in [-0.25, -0.2) is 0 Å². The first kappa shape index (κ1) is 19.7. The van der Waals surface area contributed by atoms with Crippen LogP contribution in [0.3, 0.4) is 0 Å². The van der Waals surface area contributed by atoms with E-state index in [0.717, 1.165) is 26.4 Å². The lowest BCUT2D eigenvalue weighted by Crippen LogP contribution is -2.27. The van der Waals surface area contributed by atoms with Crippen molar-refractivity contribution in [3.63, 3.8) is 0 Å². The molecule has 0 spiro atoms. The molecule has 0 N–H and O–H groups in total. The monoisotopic (exact) mass is 479 g/mol. The van der Waals surface area contributed by atoms with Crippen molar-refractivity contribution < 1.29 is 9.22 Å². The molecular weight excluding hydrogens is 466 g/mol. The Bertz CT molecular complexity index is 658. The fraction of sp³-hybridized carbons (Fsp3) is 0.286. The van der Waals surface area contributed by atoms with Gasteiger partial charge >= 0.3 is 0 Å². The molecule has 1 unspecified atom stereocenters. The highest BCUT2D eigenvalue weighted by molar-refractivity contribution is 9.10. The summed E-state index contributed by atoms with van der Waals surface area (Å²) in [6, 6.07) is 2.19. The van der Waals surface area contributed by atoms with E-state index >= 15 is 0 Å². The molecule has 0 saturated heterocycles. The van der Waals surface area contributed by atoms with Crippen LogP contribution in [0.5, 0.6) is 0 Å². The Labute approximate surface area is 156 Å². The predicted octanol–water partition coefficient (Wildman–Crippen LogP) is 6.25. The van der Waals surface area contributed by atoms with Gasteiger partial charge in [0, 0.05) is 36.2 Å². The first-order chi connectivity index (χ1) is 10.3. The third kappa shape index (κ3) is 6.44. The van der Waals surface area contributed by atoms with Crippen LogP contribution in [0.15, 0.2) is 30.5 Å². The largest absolute Gasteiger partial charge is 0.399 e. The number of halogens is 2. The van der Waals surface area contributed by atoms with Gasteiger partial charge in [-0.15, -0.1) is 0 Å². The van der Waals surface area contributed by atoms with Crippen LogP contribution in [0.1, 0.15) is 22.0 Å². The fourth-order valence-corrected chi connectivity index (χ4v) is 5.11. The zero-order valence-electron chi connectivity index (χ0n) is 12.3. The van der Waals surface area contributed by atoms with Gasteiger partial charge < -0.3 is 4.43 Å². The summed E-state index contributed by atoms with van der Waals surface area (Å²) in [5, 5.41) is 16.6. The minimum Gasteiger partial charge on any atom is -0.399 e. The summed E-state index contributed by atoms with van der Waals surface area (Å²) in [6.07, 6.45) is 0.405. The maximum absolute atomic E-state index is 10.1. The second-order valence-electron chi connectivity index (χ2n) is 5.21. The van der Waals surface area contributed by atoms with E-state index in [1.807, 2.05) is 16.1 Å². The summed E-state index contributed by atoms with van der Waals surface area (Å²) in [7, 11) is -1.66. The van der Waals surface area contributed by atoms with Gasteiger partial charge in [-0.1, -0.05) is 0 Å². The Kier molecular flexibility index (Phi) is 8.17. The molecule has 0 bridgehead atoms. The highest BCUT2D eigenvalue weighted by Gasteiger charge is 2.23. The zero-order valence-corrected chi connectivity index (χ0v) is 18.1. The SMILES string of the molecule is C[Si](C)(C)OC(C#N)c1cscc1Br.O=Cc1cscc1Br. The summed E-state index contributed by atoms with van der Waals surface area (Å²) in [4.78, 5) is 10.1. The lowest BCUT2D eigenvalue weighted by atomic mass is 10.2. The van der Waals surface area contributed by atoms with Crippen LogP contribution in [0.2, 0.25) is 19.6 Å². The quantitative estimate of drug-likeness (QED) is 0.383. The second-order valence-corrected chi connectivity index (χ2v) is 12.9. The number of hydrogen-bond donors (Lipinski definition) is 0. The normalized spacial score (nSPS) is 12.0. The van der Waals surface area contributed by atoms with E-state index in [1.165, 1.54) is 11.3 Å². The van der Waals surface area contributed by atoms with Gasteiger partial charge in [0.1, 0.15) is 0 Å². The van der Waals surface area contributed by atoms with E-state index in [-0.39, 0.29) is 0 Å². The van der Waals surface area contributed by atoms with Crippen LogP contribution >= 0.6 is 54.5 Å². The Morgan fingerprint density at radius 3 is 2.09 bits per heavy atom. The number of aldehydes is 1. The summed E-state index contributed by atoms with van der Waals surface area (Å²) in [6.45, 7) is 6.24. The van der Waals surface area contributed by atoms with Crippen LogP contribution in [-0.2, 0) is 4.43 Å². The van der Waals surface area contributed by atoms with E-state index in [4.69, 9.17) is 9.69 Å². The van der Waals surface area contributed by atoms with Gasteiger partial charge in [-0.3, -0.25) is 4.79 Å². The molecule has 0 fully saturated rings. The predicted molar refractivity (Wildman–Crippen MR) is 102 cm³/mol. The van der Waals surface area contributed by atoms with Crippen LogP contribution in [0.25, 0.3) is 0 Å². The molecule has 0 saturated carbocycles. The standard InChI is InChI=1S/C9H12BrNOSSi.C5H3BrOS/c1-14(2,3)12-9(4-11)7-5-13-6-8(7)10;6-5-3-8-2-4(5)1-7/h5-6,9H,1-3H3;1-3H. The molecule has 1 atom stereocenters. The van der Waals surface area contributed by atoms with Crippen LogP contribution < -0.4 is 0 Å². The van der Waals surface area contributed by atoms with Crippen molar-refractivity contribution in [2.24, 2.45) is 0 Å². The molecule has 0 aliphatic heterocycles. The molecule has 0 amide bonds. The molecular formula is C14H15Br2NO2S2Si. The van der Waals surface area contributed by atoms with E-state index in [2.05, 4.69) is 57.6 Å². The van der Waals surface area contributed by atoms with Crippen molar-refractivity contribution in [1.29, 1.82) is 5.26 Å². The van der Waals surface area contributed by atoms with Gasteiger partial charge in [0.15, 0.2) is 20.7 Å². The summed E-state index contributed by atoms with van der Waals surface area (Å²) in [5.74, 6) is 0. The molecule has 22 heavy (non-hydrogen) atoms. The molecule has 2 aromatic heterocycles. The van der Waals surface area contributed by atoms with E-state index in [9.17, 15) is 4.79 Å². The zero-order chi connectivity index (χ0) is 16.8. The maximum atomic E-state index is 10.1. The molecule has 0 aliphatic rings. The van der Waals surface area contributed by atoms with E-state index in [1.54, 1.807) is 16.7 Å². The summed E-state index contributed by atoms with van der Waals surface area (Å²) < 4.78 is 7.62. The van der Waals surface area contributed by atoms with Gasteiger partial charge in [-0.2, -0.15) is 27.9 Å². The van der Waals surface area contributed by atoms with Gasteiger partial charge in [-0.05, 0) is 56.9 Å².